The Bertz CT molecular complexity index is 352. The van der Waals surface area contributed by atoms with E-state index in [2.05, 4.69) is 0 Å². The van der Waals surface area contributed by atoms with Crippen molar-refractivity contribution in [3.05, 3.63) is 29.8 Å². The summed E-state index contributed by atoms with van der Waals surface area (Å²) >= 11 is 0. The highest BCUT2D eigenvalue weighted by molar-refractivity contribution is 5.75. The molecule has 0 bridgehead atoms. The highest BCUT2D eigenvalue weighted by Crippen LogP contribution is 2.13. The molecule has 0 aliphatic rings. The van der Waals surface area contributed by atoms with Crippen LogP contribution in [0.1, 0.15) is 12.5 Å². The molecule has 0 radical (unpaired) electrons. The van der Waals surface area contributed by atoms with Crippen LogP contribution in [-0.4, -0.2) is 25.7 Å². The summed E-state index contributed by atoms with van der Waals surface area (Å²) in [5.74, 6) is 0.388. The van der Waals surface area contributed by atoms with Gasteiger partial charge >= 0.3 is 5.97 Å². The Balaban J connectivity index is 2.61. The lowest BCUT2D eigenvalue weighted by Gasteiger charge is -2.11. The highest BCUT2D eigenvalue weighted by atomic mass is 16.5. The Morgan fingerprint density at radius 2 is 2.25 bits per heavy atom. The number of esters is 1. The first kappa shape index (κ1) is 12.5. The second-order valence-corrected chi connectivity index (χ2v) is 3.41. The number of carbonyl (C=O) groups is 1. The van der Waals surface area contributed by atoms with Gasteiger partial charge in [-0.15, -0.1) is 0 Å². The predicted molar refractivity (Wildman–Crippen MR) is 61.3 cm³/mol. The fourth-order valence-corrected chi connectivity index (χ4v) is 1.39. The summed E-state index contributed by atoms with van der Waals surface area (Å²) in [4.78, 5) is 11.3. The van der Waals surface area contributed by atoms with Gasteiger partial charge in [-0.3, -0.25) is 4.79 Å². The molecule has 1 aromatic carbocycles. The molecule has 0 saturated heterocycles. The Labute approximate surface area is 95.3 Å². The van der Waals surface area contributed by atoms with Gasteiger partial charge < -0.3 is 15.2 Å². The molecule has 1 unspecified atom stereocenters. The Morgan fingerprint density at radius 3 is 2.88 bits per heavy atom. The molecular weight excluding hydrogens is 206 g/mol. The van der Waals surface area contributed by atoms with Gasteiger partial charge in [0.05, 0.1) is 13.7 Å². The lowest BCUT2D eigenvalue weighted by atomic mass is 10.1. The second kappa shape index (κ2) is 6.12. The van der Waals surface area contributed by atoms with Crippen molar-refractivity contribution >= 4 is 5.97 Å². The molecule has 88 valence electrons. The average Bonchev–Trinajstić information content (AvgIpc) is 2.29. The van der Waals surface area contributed by atoms with Crippen molar-refractivity contribution in [2.75, 3.05) is 13.7 Å². The van der Waals surface area contributed by atoms with Crippen LogP contribution in [0.25, 0.3) is 0 Å². The number of methoxy groups -OCH3 is 1. The van der Waals surface area contributed by atoms with Gasteiger partial charge in [-0.2, -0.15) is 0 Å². The van der Waals surface area contributed by atoms with Crippen LogP contribution < -0.4 is 10.5 Å². The standard InChI is InChI=1S/C12H17NO3/c1-3-16-12(14)11(13)8-9-5-4-6-10(7-9)15-2/h4-7,11H,3,8,13H2,1-2H3. The van der Waals surface area contributed by atoms with Crippen LogP contribution in [0.5, 0.6) is 5.75 Å². The van der Waals surface area contributed by atoms with E-state index >= 15 is 0 Å². The monoisotopic (exact) mass is 223 g/mol. The van der Waals surface area contributed by atoms with E-state index in [-0.39, 0.29) is 5.97 Å². The highest BCUT2D eigenvalue weighted by Gasteiger charge is 2.15. The summed E-state index contributed by atoms with van der Waals surface area (Å²) < 4.78 is 9.92. The van der Waals surface area contributed by atoms with Crippen LogP contribution in [0.2, 0.25) is 0 Å². The maximum atomic E-state index is 11.3. The van der Waals surface area contributed by atoms with Crippen molar-refractivity contribution in [2.24, 2.45) is 5.73 Å². The van der Waals surface area contributed by atoms with Crippen LogP contribution in [0, 0.1) is 0 Å². The van der Waals surface area contributed by atoms with Crippen molar-refractivity contribution in [2.45, 2.75) is 19.4 Å². The van der Waals surface area contributed by atoms with Gasteiger partial charge in [0.15, 0.2) is 0 Å². The molecule has 0 fully saturated rings. The van der Waals surface area contributed by atoms with Gasteiger partial charge in [-0.1, -0.05) is 12.1 Å². The number of carbonyl (C=O) groups excluding carboxylic acids is 1. The van der Waals surface area contributed by atoms with Crippen molar-refractivity contribution in [1.82, 2.24) is 0 Å². The second-order valence-electron chi connectivity index (χ2n) is 3.41. The van der Waals surface area contributed by atoms with Gasteiger partial charge in [-0.25, -0.2) is 0 Å². The molecule has 0 amide bonds. The van der Waals surface area contributed by atoms with Crippen molar-refractivity contribution in [1.29, 1.82) is 0 Å². The molecule has 0 aliphatic carbocycles. The molecule has 1 rings (SSSR count). The molecule has 0 saturated carbocycles. The normalized spacial score (nSPS) is 11.9. The lowest BCUT2D eigenvalue weighted by molar-refractivity contribution is -0.144. The van der Waals surface area contributed by atoms with Crippen LogP contribution in [-0.2, 0) is 16.0 Å². The molecule has 0 aromatic heterocycles. The van der Waals surface area contributed by atoms with Crippen LogP contribution in [0.15, 0.2) is 24.3 Å². The zero-order valence-electron chi connectivity index (χ0n) is 9.60. The third-order valence-electron chi connectivity index (χ3n) is 2.18. The van der Waals surface area contributed by atoms with Gasteiger partial charge in [0.25, 0.3) is 0 Å². The Hall–Kier alpha value is -1.55. The Kier molecular flexibility index (Phi) is 4.79. The van der Waals surface area contributed by atoms with E-state index in [9.17, 15) is 4.79 Å². The van der Waals surface area contributed by atoms with Gasteiger partial charge in [0.2, 0.25) is 0 Å². The molecular formula is C12H17NO3. The lowest BCUT2D eigenvalue weighted by Crippen LogP contribution is -2.34. The van der Waals surface area contributed by atoms with Crippen molar-refractivity contribution in [3.8, 4) is 5.75 Å². The number of rotatable bonds is 5. The number of ether oxygens (including phenoxy) is 2. The number of nitrogens with two attached hydrogens (primary N) is 1. The summed E-state index contributed by atoms with van der Waals surface area (Å²) in [6.07, 6.45) is 0.454. The third-order valence-corrected chi connectivity index (χ3v) is 2.18. The molecule has 4 heteroatoms. The summed E-state index contributed by atoms with van der Waals surface area (Å²) in [5, 5.41) is 0. The van der Waals surface area contributed by atoms with E-state index in [1.165, 1.54) is 0 Å². The first-order valence-electron chi connectivity index (χ1n) is 5.22. The summed E-state index contributed by atoms with van der Waals surface area (Å²) in [6, 6.07) is 6.86. The van der Waals surface area contributed by atoms with E-state index < -0.39 is 6.04 Å². The molecule has 2 N–H and O–H groups in total. The predicted octanol–water partition coefficient (Wildman–Crippen LogP) is 1.13. The maximum Gasteiger partial charge on any atom is 0.323 e. The number of hydrogen-bond acceptors (Lipinski definition) is 4. The molecule has 1 atom stereocenters. The van der Waals surface area contributed by atoms with E-state index in [1.54, 1.807) is 14.0 Å². The first-order chi connectivity index (χ1) is 7.67. The minimum atomic E-state index is -0.618. The maximum absolute atomic E-state index is 11.3. The molecule has 4 nitrogen and oxygen atoms in total. The fourth-order valence-electron chi connectivity index (χ4n) is 1.39. The topological polar surface area (TPSA) is 61.5 Å². The fraction of sp³-hybridized carbons (Fsp3) is 0.417. The van der Waals surface area contributed by atoms with E-state index in [0.29, 0.717) is 13.0 Å². The van der Waals surface area contributed by atoms with Gasteiger partial charge in [0.1, 0.15) is 11.8 Å². The molecule has 0 heterocycles. The molecule has 0 spiro atoms. The summed E-state index contributed by atoms with van der Waals surface area (Å²) in [7, 11) is 1.60. The van der Waals surface area contributed by atoms with E-state index in [0.717, 1.165) is 11.3 Å². The summed E-state index contributed by atoms with van der Waals surface area (Å²) in [5.41, 5.74) is 6.67. The SMILES string of the molecule is CCOC(=O)C(N)Cc1cccc(OC)c1. The zero-order chi connectivity index (χ0) is 12.0. The molecule has 0 aliphatic heterocycles. The zero-order valence-corrected chi connectivity index (χ0v) is 9.60. The van der Waals surface area contributed by atoms with Crippen molar-refractivity contribution < 1.29 is 14.3 Å². The quantitative estimate of drug-likeness (QED) is 0.760. The number of hydrogen-bond donors (Lipinski definition) is 1. The largest absolute Gasteiger partial charge is 0.497 e. The van der Waals surface area contributed by atoms with E-state index in [4.69, 9.17) is 15.2 Å². The van der Waals surface area contributed by atoms with E-state index in [1.807, 2.05) is 24.3 Å². The molecule has 16 heavy (non-hydrogen) atoms. The van der Waals surface area contributed by atoms with Crippen LogP contribution in [0.3, 0.4) is 0 Å². The molecule has 1 aromatic rings. The summed E-state index contributed by atoms with van der Waals surface area (Å²) in [6.45, 7) is 2.11. The Morgan fingerprint density at radius 1 is 1.50 bits per heavy atom. The van der Waals surface area contributed by atoms with Gasteiger partial charge in [0, 0.05) is 0 Å². The smallest absolute Gasteiger partial charge is 0.323 e. The van der Waals surface area contributed by atoms with Gasteiger partial charge in [-0.05, 0) is 31.0 Å². The minimum Gasteiger partial charge on any atom is -0.497 e. The average molecular weight is 223 g/mol. The third kappa shape index (κ3) is 3.55. The van der Waals surface area contributed by atoms with Crippen LogP contribution in [0.4, 0.5) is 0 Å². The minimum absolute atomic E-state index is 0.352. The first-order valence-corrected chi connectivity index (χ1v) is 5.22. The number of benzene rings is 1. The van der Waals surface area contributed by atoms with Crippen molar-refractivity contribution in [3.63, 3.8) is 0 Å². The van der Waals surface area contributed by atoms with Crippen LogP contribution >= 0.6 is 0 Å².